The molecule has 0 amide bonds. The van der Waals surface area contributed by atoms with Gasteiger partial charge in [-0.3, -0.25) is 0 Å². The Morgan fingerprint density at radius 3 is 2.52 bits per heavy atom. The highest BCUT2D eigenvalue weighted by atomic mass is 32.2. The fraction of sp³-hybridized carbons (Fsp3) is 0.333. The fourth-order valence-electron chi connectivity index (χ4n) is 2.30. The van der Waals surface area contributed by atoms with Gasteiger partial charge in [0.15, 0.2) is 0 Å². The van der Waals surface area contributed by atoms with Crippen molar-refractivity contribution in [3.8, 4) is 5.75 Å². The van der Waals surface area contributed by atoms with Gasteiger partial charge < -0.3 is 10.1 Å². The second-order valence-electron chi connectivity index (χ2n) is 4.96. The zero-order valence-electron chi connectivity index (χ0n) is 12.9. The second kappa shape index (κ2) is 8.11. The molecule has 0 heterocycles. The van der Waals surface area contributed by atoms with Crippen LogP contribution in [0, 0.1) is 0 Å². The minimum Gasteiger partial charge on any atom is -0.496 e. The minimum atomic E-state index is 0.271. The van der Waals surface area contributed by atoms with E-state index >= 15 is 0 Å². The Morgan fingerprint density at radius 1 is 1.10 bits per heavy atom. The first kappa shape index (κ1) is 15.9. The molecule has 0 aliphatic rings. The van der Waals surface area contributed by atoms with Crippen molar-refractivity contribution in [3.63, 3.8) is 0 Å². The van der Waals surface area contributed by atoms with E-state index in [1.165, 1.54) is 15.4 Å². The summed E-state index contributed by atoms with van der Waals surface area (Å²) in [5.74, 6) is 0.951. The van der Waals surface area contributed by atoms with Crippen molar-refractivity contribution in [2.24, 2.45) is 0 Å². The van der Waals surface area contributed by atoms with E-state index in [1.807, 2.05) is 12.1 Å². The topological polar surface area (TPSA) is 21.3 Å². The van der Waals surface area contributed by atoms with E-state index in [9.17, 15) is 0 Å². The quantitative estimate of drug-likeness (QED) is 0.785. The molecule has 21 heavy (non-hydrogen) atoms. The van der Waals surface area contributed by atoms with Crippen LogP contribution in [-0.2, 0) is 0 Å². The number of rotatable bonds is 7. The smallest absolute Gasteiger partial charge is 0.124 e. The van der Waals surface area contributed by atoms with Crippen molar-refractivity contribution < 1.29 is 4.74 Å². The molecule has 1 N–H and O–H groups in total. The van der Waals surface area contributed by atoms with E-state index in [0.29, 0.717) is 0 Å². The van der Waals surface area contributed by atoms with Gasteiger partial charge in [0.2, 0.25) is 0 Å². The number of ether oxygens (including phenoxy) is 1. The van der Waals surface area contributed by atoms with Gasteiger partial charge in [0, 0.05) is 21.4 Å². The van der Waals surface area contributed by atoms with E-state index in [2.05, 4.69) is 55.6 Å². The molecule has 0 fully saturated rings. The van der Waals surface area contributed by atoms with Crippen molar-refractivity contribution >= 4 is 11.8 Å². The number of hydrogen-bond donors (Lipinski definition) is 1. The molecular weight excluding hydrogens is 278 g/mol. The van der Waals surface area contributed by atoms with Crippen molar-refractivity contribution in [1.29, 1.82) is 0 Å². The van der Waals surface area contributed by atoms with Crippen molar-refractivity contribution in [3.05, 3.63) is 54.1 Å². The molecule has 1 atom stereocenters. The Balaban J connectivity index is 2.31. The van der Waals surface area contributed by atoms with Gasteiger partial charge >= 0.3 is 0 Å². The average Bonchev–Trinajstić information content (AvgIpc) is 2.53. The molecule has 2 nitrogen and oxygen atoms in total. The van der Waals surface area contributed by atoms with Crippen LogP contribution in [0.5, 0.6) is 5.75 Å². The summed E-state index contributed by atoms with van der Waals surface area (Å²) in [4.78, 5) is 2.49. The molecule has 0 aliphatic heterocycles. The van der Waals surface area contributed by atoms with Crippen LogP contribution in [0.3, 0.4) is 0 Å². The van der Waals surface area contributed by atoms with E-state index in [0.717, 1.165) is 18.7 Å². The Bertz CT molecular complexity index is 556. The van der Waals surface area contributed by atoms with Gasteiger partial charge in [0.05, 0.1) is 7.11 Å². The first-order valence-electron chi connectivity index (χ1n) is 7.39. The number of nitrogens with one attached hydrogen (secondary N) is 1. The van der Waals surface area contributed by atoms with E-state index < -0.39 is 0 Å². The van der Waals surface area contributed by atoms with Crippen LogP contribution in [-0.4, -0.2) is 13.7 Å². The van der Waals surface area contributed by atoms with E-state index in [4.69, 9.17) is 4.74 Å². The van der Waals surface area contributed by atoms with Crippen molar-refractivity contribution in [2.45, 2.75) is 36.1 Å². The van der Waals surface area contributed by atoms with E-state index in [-0.39, 0.29) is 6.04 Å². The van der Waals surface area contributed by atoms with E-state index in [1.54, 1.807) is 18.9 Å². The van der Waals surface area contributed by atoms with Crippen LogP contribution in [0.1, 0.15) is 31.9 Å². The Kier molecular flexibility index (Phi) is 6.15. The molecule has 112 valence electrons. The van der Waals surface area contributed by atoms with Gasteiger partial charge in [0.25, 0.3) is 0 Å². The second-order valence-corrected chi connectivity index (χ2v) is 6.08. The summed E-state index contributed by atoms with van der Waals surface area (Å²) in [6.07, 6.45) is 1.13. The van der Waals surface area contributed by atoms with Gasteiger partial charge in [-0.1, -0.05) is 43.0 Å². The van der Waals surface area contributed by atoms with Crippen molar-refractivity contribution in [2.75, 3.05) is 13.7 Å². The lowest BCUT2D eigenvalue weighted by atomic mass is 10.1. The summed E-state index contributed by atoms with van der Waals surface area (Å²) in [5.41, 5.74) is 1.24. The molecule has 3 heteroatoms. The molecular formula is C18H23NOS. The Morgan fingerprint density at radius 2 is 1.86 bits per heavy atom. The summed E-state index contributed by atoms with van der Waals surface area (Å²) in [7, 11) is 1.74. The maximum Gasteiger partial charge on any atom is 0.124 e. The van der Waals surface area contributed by atoms with Crippen LogP contribution >= 0.6 is 11.8 Å². The molecule has 0 radical (unpaired) electrons. The Labute approximate surface area is 131 Å². The lowest BCUT2D eigenvalue weighted by Gasteiger charge is -2.20. The third kappa shape index (κ3) is 4.26. The molecule has 1 unspecified atom stereocenters. The molecule has 0 spiro atoms. The summed E-state index contributed by atoms with van der Waals surface area (Å²) in [6.45, 7) is 5.39. The van der Waals surface area contributed by atoms with Gasteiger partial charge in [-0.05, 0) is 44.2 Å². The van der Waals surface area contributed by atoms with Crippen LogP contribution in [0.2, 0.25) is 0 Å². The molecule has 0 aromatic heterocycles. The Hall–Kier alpha value is -1.45. The monoisotopic (exact) mass is 301 g/mol. The number of methoxy groups -OCH3 is 1. The first-order chi connectivity index (χ1) is 10.3. The molecule has 2 aromatic carbocycles. The van der Waals surface area contributed by atoms with Crippen molar-refractivity contribution in [1.82, 2.24) is 5.32 Å². The normalized spacial score (nSPS) is 12.1. The standard InChI is InChI=1S/C18H23NOS/c1-4-13-19-14(2)18-16(20-3)11-8-12-17(18)21-15-9-6-5-7-10-15/h5-12,14,19H,4,13H2,1-3H3. The summed E-state index contributed by atoms with van der Waals surface area (Å²) >= 11 is 1.79. The molecule has 0 aliphatic carbocycles. The van der Waals surface area contributed by atoms with Crippen LogP contribution in [0.15, 0.2) is 58.3 Å². The average molecular weight is 301 g/mol. The highest BCUT2D eigenvalue weighted by Crippen LogP contribution is 2.38. The molecule has 0 saturated heterocycles. The largest absolute Gasteiger partial charge is 0.496 e. The molecule has 2 aromatic rings. The lowest BCUT2D eigenvalue weighted by molar-refractivity contribution is 0.399. The maximum absolute atomic E-state index is 5.57. The first-order valence-corrected chi connectivity index (χ1v) is 8.21. The van der Waals surface area contributed by atoms with Gasteiger partial charge in [0.1, 0.15) is 5.75 Å². The number of hydrogen-bond acceptors (Lipinski definition) is 3. The van der Waals surface area contributed by atoms with Gasteiger partial charge in [-0.15, -0.1) is 0 Å². The third-order valence-corrected chi connectivity index (χ3v) is 4.43. The highest BCUT2D eigenvalue weighted by molar-refractivity contribution is 7.99. The minimum absolute atomic E-state index is 0.271. The zero-order valence-corrected chi connectivity index (χ0v) is 13.7. The summed E-state index contributed by atoms with van der Waals surface area (Å²) in [6, 6.07) is 17.0. The predicted octanol–water partition coefficient (Wildman–Crippen LogP) is 4.91. The molecule has 0 saturated carbocycles. The predicted molar refractivity (Wildman–Crippen MR) is 90.3 cm³/mol. The van der Waals surface area contributed by atoms with Crippen LogP contribution in [0.4, 0.5) is 0 Å². The summed E-state index contributed by atoms with van der Waals surface area (Å²) < 4.78 is 5.57. The molecule has 0 bridgehead atoms. The zero-order chi connectivity index (χ0) is 15.1. The third-order valence-electron chi connectivity index (χ3n) is 3.35. The fourth-order valence-corrected chi connectivity index (χ4v) is 3.38. The lowest BCUT2D eigenvalue weighted by Crippen LogP contribution is -2.20. The summed E-state index contributed by atoms with van der Waals surface area (Å²) in [5, 5.41) is 3.56. The number of benzene rings is 2. The molecule has 2 rings (SSSR count). The van der Waals surface area contributed by atoms with Gasteiger partial charge in [-0.2, -0.15) is 0 Å². The SMILES string of the molecule is CCCNC(C)c1c(OC)cccc1Sc1ccccc1. The van der Waals surface area contributed by atoms with Crippen LogP contribution < -0.4 is 10.1 Å². The van der Waals surface area contributed by atoms with Gasteiger partial charge in [-0.25, -0.2) is 0 Å². The maximum atomic E-state index is 5.57. The highest BCUT2D eigenvalue weighted by Gasteiger charge is 2.16. The van der Waals surface area contributed by atoms with Crippen LogP contribution in [0.25, 0.3) is 0 Å².